The lowest BCUT2D eigenvalue weighted by molar-refractivity contribution is -0.139. The number of nitrogens with two attached hydrogens (primary N) is 1. The van der Waals surface area contributed by atoms with E-state index in [1.54, 1.807) is 6.07 Å². The average molecular weight is 198 g/mol. The average Bonchev–Trinajstić information content (AvgIpc) is 2.13. The van der Waals surface area contributed by atoms with Gasteiger partial charge in [0, 0.05) is 13.0 Å². The van der Waals surface area contributed by atoms with Crippen molar-refractivity contribution in [3.8, 4) is 6.07 Å². The zero-order valence-electron chi connectivity index (χ0n) is 7.37. The molecule has 0 rings (SSSR count). The number of nitrogens with zero attached hydrogens (tertiary/aromatic N) is 1. The van der Waals surface area contributed by atoms with Gasteiger partial charge in [0.25, 0.3) is 0 Å². The maximum Gasteiger partial charge on any atom is 0.310 e. The summed E-state index contributed by atoms with van der Waals surface area (Å²) >= 11 is 0. The SMILES string of the molecule is N#CCNC(=O)C(=O)NCCC(N)=O. The Morgan fingerprint density at radius 2 is 1.79 bits per heavy atom. The summed E-state index contributed by atoms with van der Waals surface area (Å²) < 4.78 is 0. The van der Waals surface area contributed by atoms with Gasteiger partial charge < -0.3 is 16.4 Å². The lowest BCUT2D eigenvalue weighted by atomic mass is 10.4. The molecule has 7 nitrogen and oxygen atoms in total. The molecule has 0 bridgehead atoms. The Morgan fingerprint density at radius 1 is 1.21 bits per heavy atom. The summed E-state index contributed by atoms with van der Waals surface area (Å²) in [5, 5.41) is 12.3. The van der Waals surface area contributed by atoms with E-state index in [1.807, 2.05) is 5.32 Å². The summed E-state index contributed by atoms with van der Waals surface area (Å²) in [6.07, 6.45) is -0.0305. The van der Waals surface area contributed by atoms with E-state index in [0.29, 0.717) is 0 Å². The van der Waals surface area contributed by atoms with Crippen LogP contribution in [-0.2, 0) is 14.4 Å². The Labute approximate surface area is 80.2 Å². The molecule has 3 amide bonds. The molecule has 0 saturated carbocycles. The number of rotatable bonds is 4. The first-order chi connectivity index (χ1) is 6.57. The molecule has 0 aliphatic heterocycles. The number of primary amides is 1. The van der Waals surface area contributed by atoms with Crippen molar-refractivity contribution in [1.29, 1.82) is 5.26 Å². The van der Waals surface area contributed by atoms with E-state index in [9.17, 15) is 14.4 Å². The van der Waals surface area contributed by atoms with Gasteiger partial charge in [-0.05, 0) is 0 Å². The molecule has 0 unspecified atom stereocenters. The monoisotopic (exact) mass is 198 g/mol. The Kier molecular flexibility index (Phi) is 5.46. The quantitative estimate of drug-likeness (QED) is 0.344. The normalized spacial score (nSPS) is 8.50. The van der Waals surface area contributed by atoms with Crippen molar-refractivity contribution >= 4 is 17.7 Å². The highest BCUT2D eigenvalue weighted by Gasteiger charge is 2.11. The summed E-state index contributed by atoms with van der Waals surface area (Å²) in [6, 6.07) is 1.64. The van der Waals surface area contributed by atoms with Crippen LogP contribution in [0.5, 0.6) is 0 Å². The molecule has 0 aliphatic carbocycles. The first kappa shape index (κ1) is 11.9. The van der Waals surface area contributed by atoms with Crippen LogP contribution in [-0.4, -0.2) is 30.8 Å². The molecule has 0 fully saturated rings. The van der Waals surface area contributed by atoms with Crippen LogP contribution in [0.3, 0.4) is 0 Å². The molecule has 0 aromatic rings. The van der Waals surface area contributed by atoms with Crippen molar-refractivity contribution in [2.45, 2.75) is 6.42 Å². The van der Waals surface area contributed by atoms with Gasteiger partial charge in [-0.2, -0.15) is 5.26 Å². The van der Waals surface area contributed by atoms with Crippen molar-refractivity contribution in [2.24, 2.45) is 5.73 Å². The number of nitriles is 1. The maximum absolute atomic E-state index is 10.8. The van der Waals surface area contributed by atoms with Gasteiger partial charge in [-0.15, -0.1) is 0 Å². The first-order valence-corrected chi connectivity index (χ1v) is 3.79. The minimum absolute atomic E-state index is 0.00808. The van der Waals surface area contributed by atoms with E-state index in [0.717, 1.165) is 0 Å². The van der Waals surface area contributed by atoms with Gasteiger partial charge in [0.2, 0.25) is 5.91 Å². The standard InChI is InChI=1S/C7H10N4O3/c8-2-4-11-7(14)6(13)10-3-1-5(9)12/h1,3-4H2,(H2,9,12)(H,10,13)(H,11,14). The Bertz CT molecular complexity index is 281. The van der Waals surface area contributed by atoms with E-state index in [1.165, 1.54) is 0 Å². The molecule has 0 aliphatic rings. The zero-order valence-corrected chi connectivity index (χ0v) is 7.37. The molecule has 76 valence electrons. The predicted molar refractivity (Wildman–Crippen MR) is 45.4 cm³/mol. The highest BCUT2D eigenvalue weighted by atomic mass is 16.2. The third kappa shape index (κ3) is 5.54. The molecular weight excluding hydrogens is 188 g/mol. The summed E-state index contributed by atoms with van der Waals surface area (Å²) in [4.78, 5) is 31.9. The molecule has 4 N–H and O–H groups in total. The van der Waals surface area contributed by atoms with Crippen LogP contribution in [0, 0.1) is 11.3 Å². The summed E-state index contributed by atoms with van der Waals surface area (Å²) in [6.45, 7) is -0.226. The van der Waals surface area contributed by atoms with Crippen LogP contribution in [0.4, 0.5) is 0 Å². The molecule has 0 spiro atoms. The van der Waals surface area contributed by atoms with Crippen molar-refractivity contribution in [3.63, 3.8) is 0 Å². The Hall–Kier alpha value is -2.10. The highest BCUT2D eigenvalue weighted by Crippen LogP contribution is 1.74. The topological polar surface area (TPSA) is 125 Å². The largest absolute Gasteiger partial charge is 0.370 e. The van der Waals surface area contributed by atoms with Gasteiger partial charge in [0.1, 0.15) is 6.54 Å². The van der Waals surface area contributed by atoms with Gasteiger partial charge in [-0.25, -0.2) is 0 Å². The highest BCUT2D eigenvalue weighted by molar-refractivity contribution is 6.35. The van der Waals surface area contributed by atoms with E-state index in [2.05, 4.69) is 5.32 Å². The van der Waals surface area contributed by atoms with E-state index < -0.39 is 17.7 Å². The zero-order chi connectivity index (χ0) is 11.0. The molecule has 0 aromatic carbocycles. The fourth-order valence-electron chi connectivity index (χ4n) is 0.580. The van der Waals surface area contributed by atoms with Gasteiger partial charge in [0.05, 0.1) is 6.07 Å². The fourth-order valence-corrected chi connectivity index (χ4v) is 0.580. The predicted octanol–water partition coefficient (Wildman–Crippen LogP) is -2.38. The lowest BCUT2D eigenvalue weighted by Crippen LogP contribution is -2.41. The van der Waals surface area contributed by atoms with Crippen molar-refractivity contribution in [2.75, 3.05) is 13.1 Å². The van der Waals surface area contributed by atoms with E-state index in [-0.39, 0.29) is 19.5 Å². The second-order valence-corrected chi connectivity index (χ2v) is 2.31. The van der Waals surface area contributed by atoms with Gasteiger partial charge >= 0.3 is 11.8 Å². The maximum atomic E-state index is 10.8. The molecule has 0 radical (unpaired) electrons. The number of amides is 3. The number of hydrogen-bond donors (Lipinski definition) is 3. The molecule has 0 heterocycles. The second kappa shape index (κ2) is 6.42. The molecule has 0 saturated heterocycles. The minimum atomic E-state index is -0.906. The van der Waals surface area contributed by atoms with Crippen LogP contribution in [0.1, 0.15) is 6.42 Å². The molecule has 0 aromatic heterocycles. The summed E-state index contributed by atoms with van der Waals surface area (Å²) in [5.41, 5.74) is 4.80. The smallest absolute Gasteiger partial charge is 0.310 e. The van der Waals surface area contributed by atoms with E-state index >= 15 is 0 Å². The molecular formula is C7H10N4O3. The van der Waals surface area contributed by atoms with E-state index in [4.69, 9.17) is 11.0 Å². The molecule has 7 heteroatoms. The minimum Gasteiger partial charge on any atom is -0.370 e. The van der Waals surface area contributed by atoms with Crippen molar-refractivity contribution in [1.82, 2.24) is 10.6 Å². The van der Waals surface area contributed by atoms with Crippen LogP contribution in [0.2, 0.25) is 0 Å². The number of hydrogen-bond acceptors (Lipinski definition) is 4. The van der Waals surface area contributed by atoms with Crippen molar-refractivity contribution < 1.29 is 14.4 Å². The first-order valence-electron chi connectivity index (χ1n) is 3.79. The molecule has 14 heavy (non-hydrogen) atoms. The second-order valence-electron chi connectivity index (χ2n) is 2.31. The number of carbonyl (C=O) groups is 3. The Morgan fingerprint density at radius 3 is 2.29 bits per heavy atom. The van der Waals surface area contributed by atoms with Crippen LogP contribution < -0.4 is 16.4 Å². The van der Waals surface area contributed by atoms with Gasteiger partial charge in [-0.1, -0.05) is 0 Å². The third-order valence-electron chi connectivity index (χ3n) is 1.19. The lowest BCUT2D eigenvalue weighted by Gasteiger charge is -2.02. The van der Waals surface area contributed by atoms with Gasteiger partial charge in [-0.3, -0.25) is 14.4 Å². The third-order valence-corrected chi connectivity index (χ3v) is 1.19. The summed E-state index contributed by atoms with van der Waals surface area (Å²) in [7, 11) is 0. The molecule has 0 atom stereocenters. The number of nitrogens with one attached hydrogen (secondary N) is 2. The number of carbonyl (C=O) groups excluding carboxylic acids is 3. The Balaban J connectivity index is 3.69. The fraction of sp³-hybridized carbons (Fsp3) is 0.429. The van der Waals surface area contributed by atoms with Gasteiger partial charge in [0.15, 0.2) is 0 Å². The summed E-state index contributed by atoms with van der Waals surface area (Å²) in [5.74, 6) is -2.36. The van der Waals surface area contributed by atoms with Crippen LogP contribution in [0.25, 0.3) is 0 Å². The van der Waals surface area contributed by atoms with Crippen molar-refractivity contribution in [3.05, 3.63) is 0 Å². The van der Waals surface area contributed by atoms with Crippen LogP contribution >= 0.6 is 0 Å². The van der Waals surface area contributed by atoms with Crippen LogP contribution in [0.15, 0.2) is 0 Å².